The average molecular weight is 389 g/mol. The Morgan fingerprint density at radius 1 is 1.33 bits per heavy atom. The lowest BCUT2D eigenvalue weighted by atomic mass is 10.1. The number of benzene rings is 2. The molecule has 2 rings (SSSR count). The van der Waals surface area contributed by atoms with E-state index in [4.69, 9.17) is 14.7 Å². The number of carbonyl (C=O) groups is 1. The van der Waals surface area contributed by atoms with Crippen LogP contribution >= 0.6 is 15.9 Å². The Bertz CT molecular complexity index is 799. The number of halogens is 1. The van der Waals surface area contributed by atoms with Crippen molar-refractivity contribution in [3.05, 3.63) is 52.0 Å². The molecule has 0 spiro atoms. The minimum Gasteiger partial charge on any atom is -0.495 e. The minimum atomic E-state index is -0.730. The third-order valence-corrected chi connectivity index (χ3v) is 3.84. The molecular formula is C18H17BrN2O3. The molecule has 6 heteroatoms. The maximum absolute atomic E-state index is 12.4. The molecular weight excluding hydrogens is 372 g/mol. The van der Waals surface area contributed by atoms with Gasteiger partial charge in [0.05, 0.1) is 24.4 Å². The summed E-state index contributed by atoms with van der Waals surface area (Å²) >= 11 is 3.40. The second-order valence-electron chi connectivity index (χ2n) is 5.19. The number of nitrogens with zero attached hydrogens (tertiary/aromatic N) is 1. The van der Waals surface area contributed by atoms with Gasteiger partial charge in [0.25, 0.3) is 5.91 Å². The first-order chi connectivity index (χ1) is 11.4. The summed E-state index contributed by atoms with van der Waals surface area (Å²) in [4.78, 5) is 12.4. The number of aryl methyl sites for hydroxylation is 1. The third-order valence-electron chi connectivity index (χ3n) is 3.38. The molecule has 0 aliphatic carbocycles. The topological polar surface area (TPSA) is 71.3 Å². The van der Waals surface area contributed by atoms with Gasteiger partial charge >= 0.3 is 0 Å². The van der Waals surface area contributed by atoms with Crippen LogP contribution in [0.3, 0.4) is 0 Å². The number of hydrogen-bond donors (Lipinski definition) is 1. The number of amides is 1. The maximum atomic E-state index is 12.4. The van der Waals surface area contributed by atoms with E-state index in [1.54, 1.807) is 44.4 Å². The number of nitriles is 1. The van der Waals surface area contributed by atoms with Crippen molar-refractivity contribution in [1.29, 1.82) is 5.26 Å². The molecule has 24 heavy (non-hydrogen) atoms. The molecule has 0 radical (unpaired) electrons. The van der Waals surface area contributed by atoms with Crippen LogP contribution in [-0.4, -0.2) is 19.1 Å². The first-order valence-electron chi connectivity index (χ1n) is 7.26. The maximum Gasteiger partial charge on any atom is 0.265 e. The Morgan fingerprint density at radius 3 is 2.75 bits per heavy atom. The summed E-state index contributed by atoms with van der Waals surface area (Å²) in [6.45, 7) is 3.53. The second kappa shape index (κ2) is 7.84. The summed E-state index contributed by atoms with van der Waals surface area (Å²) in [5.41, 5.74) is 1.95. The van der Waals surface area contributed by atoms with Gasteiger partial charge in [-0.2, -0.15) is 5.26 Å². The van der Waals surface area contributed by atoms with Gasteiger partial charge < -0.3 is 14.8 Å². The second-order valence-corrected chi connectivity index (χ2v) is 6.10. The van der Waals surface area contributed by atoms with Crippen molar-refractivity contribution < 1.29 is 14.3 Å². The highest BCUT2D eigenvalue weighted by Gasteiger charge is 2.18. The van der Waals surface area contributed by atoms with E-state index < -0.39 is 6.10 Å². The highest BCUT2D eigenvalue weighted by Crippen LogP contribution is 2.32. The van der Waals surface area contributed by atoms with Gasteiger partial charge in [-0.3, -0.25) is 4.79 Å². The molecule has 1 amide bonds. The Balaban J connectivity index is 2.13. The van der Waals surface area contributed by atoms with Gasteiger partial charge in [0.2, 0.25) is 0 Å². The van der Waals surface area contributed by atoms with Crippen molar-refractivity contribution in [1.82, 2.24) is 0 Å². The summed E-state index contributed by atoms with van der Waals surface area (Å²) in [7, 11) is 1.55. The summed E-state index contributed by atoms with van der Waals surface area (Å²) in [6, 6.07) is 12.4. The first-order valence-corrected chi connectivity index (χ1v) is 8.05. The normalized spacial score (nSPS) is 11.3. The van der Waals surface area contributed by atoms with Gasteiger partial charge in [0.1, 0.15) is 11.5 Å². The van der Waals surface area contributed by atoms with Gasteiger partial charge in [-0.1, -0.05) is 22.0 Å². The van der Waals surface area contributed by atoms with Crippen molar-refractivity contribution in [3.8, 4) is 17.6 Å². The predicted molar refractivity (Wildman–Crippen MR) is 95.3 cm³/mol. The van der Waals surface area contributed by atoms with E-state index in [0.717, 1.165) is 10.0 Å². The van der Waals surface area contributed by atoms with Crippen molar-refractivity contribution in [3.63, 3.8) is 0 Å². The zero-order valence-corrected chi connectivity index (χ0v) is 15.2. The van der Waals surface area contributed by atoms with Gasteiger partial charge in [-0.25, -0.2) is 0 Å². The smallest absolute Gasteiger partial charge is 0.265 e. The lowest BCUT2D eigenvalue weighted by Gasteiger charge is -2.18. The van der Waals surface area contributed by atoms with Crippen molar-refractivity contribution >= 4 is 27.5 Å². The predicted octanol–water partition coefficient (Wildman–Crippen LogP) is 4.04. The Kier molecular flexibility index (Phi) is 5.83. The molecule has 0 aromatic heterocycles. The number of nitrogens with one attached hydrogen (secondary N) is 1. The molecule has 1 atom stereocenters. The molecule has 0 saturated carbocycles. The number of anilines is 1. The van der Waals surface area contributed by atoms with Crippen LogP contribution in [0.15, 0.2) is 40.9 Å². The summed E-state index contributed by atoms with van der Waals surface area (Å²) < 4.78 is 11.8. The largest absolute Gasteiger partial charge is 0.495 e. The van der Waals surface area contributed by atoms with Crippen LogP contribution < -0.4 is 14.8 Å². The zero-order valence-electron chi connectivity index (χ0n) is 13.6. The molecule has 124 valence electrons. The molecule has 0 fully saturated rings. The Morgan fingerprint density at radius 2 is 2.08 bits per heavy atom. The van der Waals surface area contributed by atoms with Gasteiger partial charge in [-0.15, -0.1) is 0 Å². The number of ether oxygens (including phenoxy) is 2. The standard InChI is InChI=1S/C18H17BrN2O3/c1-11-7-14(19)9-16(23-3)17(11)21-18(22)12(2)24-15-6-4-5-13(8-15)10-20/h4-9,12H,1-3H3,(H,21,22). The zero-order chi connectivity index (χ0) is 17.7. The van der Waals surface area contributed by atoms with E-state index in [0.29, 0.717) is 22.7 Å². The molecule has 1 N–H and O–H groups in total. The van der Waals surface area contributed by atoms with E-state index in [2.05, 4.69) is 21.2 Å². The molecule has 0 saturated heterocycles. The molecule has 0 aliphatic heterocycles. The summed E-state index contributed by atoms with van der Waals surface area (Å²) in [5.74, 6) is 0.728. The fourth-order valence-corrected chi connectivity index (χ4v) is 2.71. The number of methoxy groups -OCH3 is 1. The number of hydrogen-bond acceptors (Lipinski definition) is 4. The quantitative estimate of drug-likeness (QED) is 0.838. The monoisotopic (exact) mass is 388 g/mol. The van der Waals surface area contributed by atoms with Crippen molar-refractivity contribution in [2.75, 3.05) is 12.4 Å². The fraction of sp³-hybridized carbons (Fsp3) is 0.222. The highest BCUT2D eigenvalue weighted by molar-refractivity contribution is 9.10. The molecule has 0 aliphatic rings. The Hall–Kier alpha value is -2.52. The van der Waals surface area contributed by atoms with Crippen LogP contribution in [0.2, 0.25) is 0 Å². The van der Waals surface area contributed by atoms with Crippen molar-refractivity contribution in [2.45, 2.75) is 20.0 Å². The first kappa shape index (κ1) is 17.8. The van der Waals surface area contributed by atoms with E-state index in [1.165, 1.54) is 0 Å². The van der Waals surface area contributed by atoms with Crippen LogP contribution in [-0.2, 0) is 4.79 Å². The SMILES string of the molecule is COc1cc(Br)cc(C)c1NC(=O)C(C)Oc1cccc(C#N)c1. The number of carbonyl (C=O) groups excluding carboxylic acids is 1. The summed E-state index contributed by atoms with van der Waals surface area (Å²) in [5, 5.41) is 11.7. The molecule has 0 heterocycles. The molecule has 1 unspecified atom stereocenters. The average Bonchev–Trinajstić information content (AvgIpc) is 2.56. The van der Waals surface area contributed by atoms with Crippen LogP contribution in [0, 0.1) is 18.3 Å². The Labute approximate surface area is 149 Å². The molecule has 0 bridgehead atoms. The van der Waals surface area contributed by atoms with Gasteiger partial charge in [-0.05, 0) is 49.7 Å². The van der Waals surface area contributed by atoms with Crippen LogP contribution in [0.5, 0.6) is 11.5 Å². The van der Waals surface area contributed by atoms with E-state index in [-0.39, 0.29) is 5.91 Å². The third kappa shape index (κ3) is 4.27. The van der Waals surface area contributed by atoms with E-state index in [1.807, 2.05) is 19.1 Å². The van der Waals surface area contributed by atoms with Gasteiger partial charge in [0.15, 0.2) is 6.10 Å². The van der Waals surface area contributed by atoms with Crippen LogP contribution in [0.25, 0.3) is 0 Å². The number of rotatable bonds is 5. The molecule has 2 aromatic carbocycles. The lowest BCUT2D eigenvalue weighted by molar-refractivity contribution is -0.122. The lowest BCUT2D eigenvalue weighted by Crippen LogP contribution is -2.30. The van der Waals surface area contributed by atoms with Crippen LogP contribution in [0.1, 0.15) is 18.1 Å². The highest BCUT2D eigenvalue weighted by atomic mass is 79.9. The van der Waals surface area contributed by atoms with Crippen molar-refractivity contribution in [2.24, 2.45) is 0 Å². The van der Waals surface area contributed by atoms with Crippen LogP contribution in [0.4, 0.5) is 5.69 Å². The molecule has 2 aromatic rings. The minimum absolute atomic E-state index is 0.305. The van der Waals surface area contributed by atoms with E-state index in [9.17, 15) is 4.79 Å². The fourth-order valence-electron chi connectivity index (χ4n) is 2.16. The van der Waals surface area contributed by atoms with E-state index >= 15 is 0 Å². The molecule has 5 nitrogen and oxygen atoms in total. The summed E-state index contributed by atoms with van der Waals surface area (Å²) in [6.07, 6.45) is -0.730. The van der Waals surface area contributed by atoms with Gasteiger partial charge in [0, 0.05) is 4.47 Å².